The Balaban J connectivity index is 1.57. The first-order valence-electron chi connectivity index (χ1n) is 8.39. The molecule has 2 aliphatic rings. The molecular weight excluding hydrogens is 304 g/mol. The standard InChI is InChI=1S/C18H20N4O2/c23-17-11-15(14-6-1-2-7-16(14)20-17)18(24)22-10-3-5-13(22)12-21-9-4-8-19-21/h1-2,4,6-9,13,15H,3,5,10-12H2,(H,20,23)/t13-,15+/m1/s1. The van der Waals surface area contributed by atoms with Crippen molar-refractivity contribution in [2.24, 2.45) is 0 Å². The molecule has 6 heteroatoms. The van der Waals surface area contributed by atoms with Crippen LogP contribution in [0.2, 0.25) is 0 Å². The van der Waals surface area contributed by atoms with E-state index in [0.29, 0.717) is 6.54 Å². The van der Waals surface area contributed by atoms with E-state index in [1.165, 1.54) is 0 Å². The minimum absolute atomic E-state index is 0.0620. The second kappa shape index (κ2) is 6.11. The fraction of sp³-hybridized carbons (Fsp3) is 0.389. The van der Waals surface area contributed by atoms with Crippen molar-refractivity contribution in [3.63, 3.8) is 0 Å². The molecule has 1 aromatic heterocycles. The SMILES string of the molecule is O=C1C[C@H](C(=O)N2CCC[C@@H]2Cn2cccn2)c2ccccc2N1. The average Bonchev–Trinajstić information content (AvgIpc) is 3.26. The Morgan fingerprint density at radius 1 is 1.29 bits per heavy atom. The minimum Gasteiger partial charge on any atom is -0.337 e. The molecule has 2 aliphatic heterocycles. The van der Waals surface area contributed by atoms with Gasteiger partial charge in [-0.3, -0.25) is 14.3 Å². The van der Waals surface area contributed by atoms with E-state index in [-0.39, 0.29) is 30.2 Å². The number of hydrogen-bond acceptors (Lipinski definition) is 3. The lowest BCUT2D eigenvalue weighted by atomic mass is 9.89. The number of nitrogens with zero attached hydrogens (tertiary/aromatic N) is 3. The molecule has 0 bridgehead atoms. The lowest BCUT2D eigenvalue weighted by molar-refractivity contribution is -0.136. The average molecular weight is 324 g/mol. The number of fused-ring (bicyclic) bond motifs is 1. The molecule has 124 valence electrons. The van der Waals surface area contributed by atoms with Gasteiger partial charge in [-0.05, 0) is 30.5 Å². The molecule has 3 heterocycles. The van der Waals surface area contributed by atoms with Crippen molar-refractivity contribution in [3.05, 3.63) is 48.3 Å². The van der Waals surface area contributed by atoms with Gasteiger partial charge >= 0.3 is 0 Å². The second-order valence-corrected chi connectivity index (χ2v) is 6.45. The number of carbonyl (C=O) groups excluding carboxylic acids is 2. The summed E-state index contributed by atoms with van der Waals surface area (Å²) in [6.45, 7) is 1.46. The number of nitrogens with one attached hydrogen (secondary N) is 1. The monoisotopic (exact) mass is 324 g/mol. The zero-order valence-electron chi connectivity index (χ0n) is 13.4. The lowest BCUT2D eigenvalue weighted by Gasteiger charge is -2.31. The lowest BCUT2D eigenvalue weighted by Crippen LogP contribution is -2.42. The highest BCUT2D eigenvalue weighted by atomic mass is 16.2. The molecule has 24 heavy (non-hydrogen) atoms. The normalized spacial score (nSPS) is 23.0. The van der Waals surface area contributed by atoms with Gasteiger partial charge in [0, 0.05) is 31.0 Å². The highest BCUT2D eigenvalue weighted by Gasteiger charge is 2.37. The molecule has 0 saturated carbocycles. The molecule has 1 aromatic carbocycles. The summed E-state index contributed by atoms with van der Waals surface area (Å²) in [5.74, 6) is -0.407. The number of carbonyl (C=O) groups is 2. The molecule has 6 nitrogen and oxygen atoms in total. The first-order chi connectivity index (χ1) is 11.7. The number of aromatic nitrogens is 2. The summed E-state index contributed by atoms with van der Waals surface area (Å²) in [5, 5.41) is 7.11. The number of amides is 2. The molecule has 2 atom stereocenters. The van der Waals surface area contributed by atoms with E-state index in [4.69, 9.17) is 0 Å². The predicted octanol–water partition coefficient (Wildman–Crippen LogP) is 2.00. The first-order valence-corrected chi connectivity index (χ1v) is 8.39. The van der Waals surface area contributed by atoms with Crippen molar-refractivity contribution in [1.29, 1.82) is 0 Å². The van der Waals surface area contributed by atoms with Crippen LogP contribution in [0.4, 0.5) is 5.69 Å². The van der Waals surface area contributed by atoms with E-state index in [1.807, 2.05) is 46.1 Å². The summed E-state index contributed by atoms with van der Waals surface area (Å²) < 4.78 is 1.87. The summed E-state index contributed by atoms with van der Waals surface area (Å²) in [6, 6.07) is 9.63. The van der Waals surface area contributed by atoms with Gasteiger partial charge in [0.2, 0.25) is 11.8 Å². The van der Waals surface area contributed by atoms with Gasteiger partial charge in [0.15, 0.2) is 0 Å². The molecule has 4 rings (SSSR count). The van der Waals surface area contributed by atoms with Crippen molar-refractivity contribution >= 4 is 17.5 Å². The maximum atomic E-state index is 13.2. The molecule has 1 saturated heterocycles. The number of anilines is 1. The third-order valence-corrected chi connectivity index (χ3v) is 4.92. The van der Waals surface area contributed by atoms with Gasteiger partial charge in [0.25, 0.3) is 0 Å². The Morgan fingerprint density at radius 3 is 3.00 bits per heavy atom. The Morgan fingerprint density at radius 2 is 2.17 bits per heavy atom. The van der Waals surface area contributed by atoms with Gasteiger partial charge in [0.1, 0.15) is 0 Å². The molecule has 0 spiro atoms. The van der Waals surface area contributed by atoms with Crippen molar-refractivity contribution in [2.75, 3.05) is 11.9 Å². The molecule has 2 amide bonds. The molecular formula is C18H20N4O2. The fourth-order valence-electron chi connectivity index (χ4n) is 3.77. The number of rotatable bonds is 3. The van der Waals surface area contributed by atoms with Crippen LogP contribution in [0.5, 0.6) is 0 Å². The van der Waals surface area contributed by atoms with Crippen LogP contribution < -0.4 is 5.32 Å². The van der Waals surface area contributed by atoms with Gasteiger partial charge in [-0.2, -0.15) is 5.10 Å². The van der Waals surface area contributed by atoms with Crippen LogP contribution in [-0.2, 0) is 16.1 Å². The van der Waals surface area contributed by atoms with Crippen molar-refractivity contribution in [3.8, 4) is 0 Å². The number of hydrogen-bond donors (Lipinski definition) is 1. The maximum Gasteiger partial charge on any atom is 0.231 e. The molecule has 0 unspecified atom stereocenters. The molecule has 0 aliphatic carbocycles. The second-order valence-electron chi connectivity index (χ2n) is 6.45. The van der Waals surface area contributed by atoms with Crippen LogP contribution in [0.25, 0.3) is 0 Å². The van der Waals surface area contributed by atoms with Gasteiger partial charge in [0.05, 0.1) is 18.5 Å². The summed E-state index contributed by atoms with van der Waals surface area (Å²) in [4.78, 5) is 27.1. The quantitative estimate of drug-likeness (QED) is 0.939. The Hall–Kier alpha value is -2.63. The number of likely N-dealkylation sites (tertiary alicyclic amines) is 1. The predicted molar refractivity (Wildman–Crippen MR) is 89.4 cm³/mol. The summed E-state index contributed by atoms with van der Waals surface area (Å²) in [6.07, 6.45) is 5.87. The summed E-state index contributed by atoms with van der Waals surface area (Å²) in [7, 11) is 0. The van der Waals surface area contributed by atoms with Crippen LogP contribution in [0, 0.1) is 0 Å². The number of para-hydroxylation sites is 1. The van der Waals surface area contributed by atoms with Gasteiger partial charge in [-0.15, -0.1) is 0 Å². The molecule has 2 aromatic rings. The molecule has 1 N–H and O–H groups in total. The Labute approximate surface area is 140 Å². The summed E-state index contributed by atoms with van der Waals surface area (Å²) in [5.41, 5.74) is 1.68. The zero-order valence-corrected chi connectivity index (χ0v) is 13.4. The van der Waals surface area contributed by atoms with Crippen LogP contribution in [0.15, 0.2) is 42.7 Å². The minimum atomic E-state index is -0.381. The topological polar surface area (TPSA) is 67.2 Å². The van der Waals surface area contributed by atoms with Gasteiger partial charge < -0.3 is 10.2 Å². The smallest absolute Gasteiger partial charge is 0.231 e. The molecule has 1 fully saturated rings. The molecule has 0 radical (unpaired) electrons. The van der Waals surface area contributed by atoms with Crippen molar-refractivity contribution in [1.82, 2.24) is 14.7 Å². The fourth-order valence-corrected chi connectivity index (χ4v) is 3.77. The zero-order chi connectivity index (χ0) is 16.5. The Bertz CT molecular complexity index is 756. The van der Waals surface area contributed by atoms with Crippen LogP contribution >= 0.6 is 0 Å². The maximum absolute atomic E-state index is 13.2. The highest BCUT2D eigenvalue weighted by Crippen LogP contribution is 2.35. The van der Waals surface area contributed by atoms with E-state index in [1.54, 1.807) is 6.20 Å². The van der Waals surface area contributed by atoms with E-state index >= 15 is 0 Å². The Kier molecular flexibility index (Phi) is 3.80. The van der Waals surface area contributed by atoms with E-state index in [0.717, 1.165) is 30.6 Å². The van der Waals surface area contributed by atoms with E-state index in [2.05, 4.69) is 10.4 Å². The third-order valence-electron chi connectivity index (χ3n) is 4.92. The van der Waals surface area contributed by atoms with Gasteiger partial charge in [-0.1, -0.05) is 18.2 Å². The van der Waals surface area contributed by atoms with Crippen molar-refractivity contribution in [2.45, 2.75) is 37.8 Å². The van der Waals surface area contributed by atoms with Crippen molar-refractivity contribution < 1.29 is 9.59 Å². The third kappa shape index (κ3) is 2.68. The summed E-state index contributed by atoms with van der Waals surface area (Å²) >= 11 is 0. The highest BCUT2D eigenvalue weighted by molar-refractivity contribution is 6.01. The largest absolute Gasteiger partial charge is 0.337 e. The number of benzene rings is 1. The van der Waals surface area contributed by atoms with Gasteiger partial charge in [-0.25, -0.2) is 0 Å². The van der Waals surface area contributed by atoms with Crippen LogP contribution in [0.1, 0.15) is 30.7 Å². The van der Waals surface area contributed by atoms with Crippen LogP contribution in [0.3, 0.4) is 0 Å². The first kappa shape index (κ1) is 14.9. The van der Waals surface area contributed by atoms with E-state index < -0.39 is 0 Å². The van der Waals surface area contributed by atoms with Crippen LogP contribution in [-0.4, -0.2) is 39.1 Å². The van der Waals surface area contributed by atoms with E-state index in [9.17, 15) is 9.59 Å².